The van der Waals surface area contributed by atoms with Crippen LogP contribution in [0.1, 0.15) is 46.3 Å². The van der Waals surface area contributed by atoms with E-state index in [4.69, 9.17) is 4.52 Å². The van der Waals surface area contributed by atoms with Gasteiger partial charge >= 0.3 is 0 Å². The maximum atomic E-state index is 12.7. The molecule has 0 aliphatic rings. The summed E-state index contributed by atoms with van der Waals surface area (Å²) in [4.78, 5) is 17.1. The summed E-state index contributed by atoms with van der Waals surface area (Å²) < 4.78 is 5.20. The van der Waals surface area contributed by atoms with Crippen molar-refractivity contribution >= 4 is 23.4 Å². The summed E-state index contributed by atoms with van der Waals surface area (Å²) in [5.74, 6) is 1.30. The van der Waals surface area contributed by atoms with E-state index in [1.165, 1.54) is 17.3 Å². The van der Waals surface area contributed by atoms with E-state index in [0.29, 0.717) is 16.3 Å². The van der Waals surface area contributed by atoms with Gasteiger partial charge in [-0.3, -0.25) is 4.79 Å². The van der Waals surface area contributed by atoms with Crippen molar-refractivity contribution in [2.24, 2.45) is 0 Å². The Morgan fingerprint density at radius 1 is 1.19 bits per heavy atom. The Bertz CT molecular complexity index is 900. The number of benzene rings is 1. The van der Waals surface area contributed by atoms with E-state index in [2.05, 4.69) is 34.5 Å². The highest BCUT2D eigenvalue weighted by molar-refractivity contribution is 7.98. The van der Waals surface area contributed by atoms with Gasteiger partial charge in [0.25, 0.3) is 5.91 Å². The number of aromatic nitrogens is 2. The van der Waals surface area contributed by atoms with Crippen LogP contribution in [0.5, 0.6) is 0 Å². The van der Waals surface area contributed by atoms with Gasteiger partial charge < -0.3 is 9.84 Å². The molecule has 0 aliphatic heterocycles. The van der Waals surface area contributed by atoms with Crippen molar-refractivity contribution in [3.05, 3.63) is 70.7 Å². The van der Waals surface area contributed by atoms with Gasteiger partial charge in [-0.25, -0.2) is 4.98 Å². The average molecular weight is 382 g/mol. The minimum Gasteiger partial charge on any atom is -0.361 e. The molecule has 0 spiro atoms. The lowest BCUT2D eigenvalue weighted by Crippen LogP contribution is -2.13. The molecule has 0 saturated heterocycles. The molecule has 5 nitrogen and oxygen atoms in total. The van der Waals surface area contributed by atoms with Crippen molar-refractivity contribution in [1.29, 1.82) is 0 Å². The normalized spacial score (nSPS) is 10.8. The van der Waals surface area contributed by atoms with E-state index in [-0.39, 0.29) is 5.91 Å². The lowest BCUT2D eigenvalue weighted by Gasteiger charge is -2.09. The minimum atomic E-state index is -0.160. The van der Waals surface area contributed by atoms with Crippen molar-refractivity contribution in [1.82, 2.24) is 10.1 Å². The third-order valence-electron chi connectivity index (χ3n) is 4.30. The Labute approximate surface area is 163 Å². The van der Waals surface area contributed by atoms with Gasteiger partial charge in [0.05, 0.1) is 11.3 Å². The summed E-state index contributed by atoms with van der Waals surface area (Å²) in [6.45, 7) is 5.96. The van der Waals surface area contributed by atoms with Gasteiger partial charge in [0.1, 0.15) is 10.8 Å². The number of amides is 1. The molecule has 2 aromatic heterocycles. The highest BCUT2D eigenvalue weighted by Gasteiger charge is 2.15. The number of anilines is 1. The maximum absolute atomic E-state index is 12.7. The quantitative estimate of drug-likeness (QED) is 0.571. The van der Waals surface area contributed by atoms with E-state index in [1.807, 2.05) is 26.0 Å². The summed E-state index contributed by atoms with van der Waals surface area (Å²) in [6.07, 6.45) is 3.85. The number of carbonyl (C=O) groups is 1. The number of nitrogens with one attached hydrogen (secondary N) is 1. The summed E-state index contributed by atoms with van der Waals surface area (Å²) >= 11 is 1.51. The number of nitrogens with zero attached hydrogens (tertiary/aromatic N) is 2. The fourth-order valence-electron chi connectivity index (χ4n) is 2.77. The number of hydrogen-bond donors (Lipinski definition) is 1. The molecule has 0 unspecified atom stereocenters. The first-order valence-electron chi connectivity index (χ1n) is 8.98. The molecule has 0 fully saturated rings. The van der Waals surface area contributed by atoms with E-state index in [9.17, 15) is 4.79 Å². The number of aryl methyl sites for hydroxylation is 3. The molecular weight excluding hydrogens is 358 g/mol. The molecule has 1 aromatic carbocycles. The van der Waals surface area contributed by atoms with Crippen LogP contribution in [-0.4, -0.2) is 16.0 Å². The first kappa shape index (κ1) is 19.2. The largest absolute Gasteiger partial charge is 0.361 e. The van der Waals surface area contributed by atoms with E-state index >= 15 is 0 Å². The first-order chi connectivity index (χ1) is 13.1. The van der Waals surface area contributed by atoms with Gasteiger partial charge in [-0.15, -0.1) is 11.8 Å². The SMILES string of the molecule is CCCc1ccc(NC(=O)c2cccnc2SCc2c(C)noc2C)cc1. The van der Waals surface area contributed by atoms with Gasteiger partial charge in [0, 0.05) is 23.2 Å². The average Bonchev–Trinajstić information content (AvgIpc) is 3.00. The zero-order valence-corrected chi connectivity index (χ0v) is 16.6. The van der Waals surface area contributed by atoms with Crippen LogP contribution in [0.2, 0.25) is 0 Å². The zero-order chi connectivity index (χ0) is 19.2. The highest BCUT2D eigenvalue weighted by Crippen LogP contribution is 2.27. The standard InChI is InChI=1S/C21H23N3O2S/c1-4-6-16-8-10-17(11-9-16)23-20(25)18-7-5-12-22-21(18)27-13-19-14(2)24-26-15(19)3/h5,7-12H,4,6,13H2,1-3H3,(H,23,25). The summed E-state index contributed by atoms with van der Waals surface area (Å²) in [6, 6.07) is 11.6. The molecule has 0 saturated carbocycles. The highest BCUT2D eigenvalue weighted by atomic mass is 32.2. The van der Waals surface area contributed by atoms with Crippen LogP contribution in [0.3, 0.4) is 0 Å². The lowest BCUT2D eigenvalue weighted by molar-refractivity contribution is 0.102. The van der Waals surface area contributed by atoms with Gasteiger partial charge in [-0.2, -0.15) is 0 Å². The third-order valence-corrected chi connectivity index (χ3v) is 5.33. The molecule has 0 radical (unpaired) electrons. The van der Waals surface area contributed by atoms with Gasteiger partial charge in [0.2, 0.25) is 0 Å². The molecule has 1 N–H and O–H groups in total. The summed E-state index contributed by atoms with van der Waals surface area (Å²) in [5, 5.41) is 7.63. The van der Waals surface area contributed by atoms with Crippen LogP contribution in [0, 0.1) is 13.8 Å². The number of carbonyl (C=O) groups excluding carboxylic acids is 1. The Balaban J connectivity index is 1.71. The maximum Gasteiger partial charge on any atom is 0.258 e. The molecule has 0 atom stereocenters. The van der Waals surface area contributed by atoms with Crippen LogP contribution in [-0.2, 0) is 12.2 Å². The van der Waals surface area contributed by atoms with Crippen LogP contribution in [0.15, 0.2) is 52.1 Å². The predicted octanol–water partition coefficient (Wildman–Crippen LogP) is 5.18. The van der Waals surface area contributed by atoms with Crippen LogP contribution >= 0.6 is 11.8 Å². The molecule has 6 heteroatoms. The fraction of sp³-hybridized carbons (Fsp3) is 0.286. The number of hydrogen-bond acceptors (Lipinski definition) is 5. The number of pyridine rings is 1. The smallest absolute Gasteiger partial charge is 0.258 e. The lowest BCUT2D eigenvalue weighted by atomic mass is 10.1. The molecule has 140 valence electrons. The Morgan fingerprint density at radius 2 is 1.96 bits per heavy atom. The predicted molar refractivity (Wildman–Crippen MR) is 108 cm³/mol. The second kappa shape index (κ2) is 8.86. The van der Waals surface area contributed by atoms with E-state index in [1.54, 1.807) is 18.3 Å². The molecule has 27 heavy (non-hydrogen) atoms. The van der Waals surface area contributed by atoms with E-state index < -0.39 is 0 Å². The molecule has 0 aliphatic carbocycles. The van der Waals surface area contributed by atoms with Gasteiger partial charge in [-0.1, -0.05) is 30.6 Å². The molecule has 3 aromatic rings. The monoisotopic (exact) mass is 381 g/mol. The molecule has 0 bridgehead atoms. The molecular formula is C21H23N3O2S. The summed E-state index contributed by atoms with van der Waals surface area (Å²) in [7, 11) is 0. The van der Waals surface area contributed by atoms with Crippen LogP contribution < -0.4 is 5.32 Å². The Morgan fingerprint density at radius 3 is 2.63 bits per heavy atom. The van der Waals surface area contributed by atoms with Crippen molar-refractivity contribution in [2.75, 3.05) is 5.32 Å². The molecule has 3 rings (SSSR count). The Hall–Kier alpha value is -2.60. The number of thioether (sulfide) groups is 1. The van der Waals surface area contributed by atoms with Crippen LogP contribution in [0.4, 0.5) is 5.69 Å². The van der Waals surface area contributed by atoms with Crippen molar-refractivity contribution in [3.63, 3.8) is 0 Å². The second-order valence-corrected chi connectivity index (χ2v) is 7.31. The van der Waals surface area contributed by atoms with Crippen molar-refractivity contribution in [3.8, 4) is 0 Å². The minimum absolute atomic E-state index is 0.160. The molecule has 2 heterocycles. The van der Waals surface area contributed by atoms with Crippen molar-refractivity contribution < 1.29 is 9.32 Å². The second-order valence-electron chi connectivity index (χ2n) is 6.35. The van der Waals surface area contributed by atoms with Crippen molar-refractivity contribution in [2.45, 2.75) is 44.4 Å². The van der Waals surface area contributed by atoms with Gasteiger partial charge in [0.15, 0.2) is 0 Å². The van der Waals surface area contributed by atoms with Gasteiger partial charge in [-0.05, 0) is 50.1 Å². The molecule has 1 amide bonds. The zero-order valence-electron chi connectivity index (χ0n) is 15.8. The first-order valence-corrected chi connectivity index (χ1v) is 9.97. The fourth-order valence-corrected chi connectivity index (χ4v) is 3.91. The topological polar surface area (TPSA) is 68.0 Å². The van der Waals surface area contributed by atoms with Crippen LogP contribution in [0.25, 0.3) is 0 Å². The van der Waals surface area contributed by atoms with E-state index in [0.717, 1.165) is 35.5 Å². The third kappa shape index (κ3) is 4.77. The summed E-state index contributed by atoms with van der Waals surface area (Å²) in [5.41, 5.74) is 4.53. The Kier molecular flexibility index (Phi) is 6.29. The number of rotatable bonds is 7.